The Labute approximate surface area is 175 Å². The Morgan fingerprint density at radius 3 is 2.57 bits per heavy atom. The van der Waals surface area contributed by atoms with Crippen LogP contribution in [0.4, 0.5) is 19.0 Å². The second kappa shape index (κ2) is 9.61. The number of anilines is 1. The molecule has 0 saturated heterocycles. The van der Waals surface area contributed by atoms with Crippen molar-refractivity contribution in [3.63, 3.8) is 0 Å². The molecule has 0 atom stereocenters. The molecule has 3 aromatic rings. The number of amides is 1. The summed E-state index contributed by atoms with van der Waals surface area (Å²) in [6.45, 7) is 2.62. The Morgan fingerprint density at radius 2 is 1.90 bits per heavy atom. The van der Waals surface area contributed by atoms with E-state index in [1.54, 1.807) is 10.9 Å². The molecule has 0 aliphatic heterocycles. The molecule has 2 N–H and O–H groups in total. The lowest BCUT2D eigenvalue weighted by Gasteiger charge is -2.09. The van der Waals surface area contributed by atoms with Crippen LogP contribution in [-0.2, 0) is 11.0 Å². The first kappa shape index (κ1) is 21.6. The summed E-state index contributed by atoms with van der Waals surface area (Å²) in [5, 5.41) is 14.1. The number of alkyl halides is 3. The number of aromatic nitrogens is 4. The van der Waals surface area contributed by atoms with Gasteiger partial charge in [0.05, 0.1) is 11.3 Å². The van der Waals surface area contributed by atoms with Crippen LogP contribution in [0.25, 0.3) is 5.69 Å². The molecule has 0 unspecified atom stereocenters. The first-order chi connectivity index (χ1) is 14.3. The zero-order valence-electron chi connectivity index (χ0n) is 16.0. The summed E-state index contributed by atoms with van der Waals surface area (Å²) >= 11 is 1.26. The summed E-state index contributed by atoms with van der Waals surface area (Å²) in [5.41, 5.74) is 1.24. The molecule has 2 aromatic heterocycles. The average molecular weight is 436 g/mol. The van der Waals surface area contributed by atoms with E-state index in [0.29, 0.717) is 24.1 Å². The van der Waals surface area contributed by atoms with E-state index in [0.717, 1.165) is 23.5 Å². The average Bonchev–Trinajstić information content (AvgIpc) is 3.18. The van der Waals surface area contributed by atoms with Crippen molar-refractivity contribution < 1.29 is 18.0 Å². The highest BCUT2D eigenvalue weighted by Crippen LogP contribution is 2.28. The van der Waals surface area contributed by atoms with Crippen LogP contribution in [0.2, 0.25) is 0 Å². The standard InChI is InChI=1S/C19H19F3N6OS/c1-13-2-5-15(6-3-13)28-12-26-27-18(28)30-11-17(29)24-9-8-23-16-7-4-14(10-25-16)19(20,21)22/h2-7,10,12H,8-9,11H2,1H3,(H,23,25)(H,24,29). The van der Waals surface area contributed by atoms with Gasteiger partial charge in [0.1, 0.15) is 12.1 Å². The number of rotatable bonds is 8. The molecule has 0 saturated carbocycles. The van der Waals surface area contributed by atoms with Gasteiger partial charge in [-0.2, -0.15) is 13.2 Å². The molecule has 2 heterocycles. The maximum absolute atomic E-state index is 12.5. The number of aryl methyl sites for hydroxylation is 1. The van der Waals surface area contributed by atoms with Gasteiger partial charge in [0, 0.05) is 25.0 Å². The third-order valence-corrected chi connectivity index (χ3v) is 4.95. The van der Waals surface area contributed by atoms with E-state index in [9.17, 15) is 18.0 Å². The summed E-state index contributed by atoms with van der Waals surface area (Å²) in [5.74, 6) is 0.266. The number of halogens is 3. The lowest BCUT2D eigenvalue weighted by atomic mass is 10.2. The molecule has 0 spiro atoms. The Balaban J connectivity index is 1.41. The van der Waals surface area contributed by atoms with Gasteiger partial charge in [0.25, 0.3) is 0 Å². The Kier molecular flexibility index (Phi) is 6.93. The number of carbonyl (C=O) groups is 1. The van der Waals surface area contributed by atoms with Crippen LogP contribution in [0.3, 0.4) is 0 Å². The summed E-state index contributed by atoms with van der Waals surface area (Å²) in [4.78, 5) is 15.7. The molecule has 1 aromatic carbocycles. The molecule has 11 heteroatoms. The largest absolute Gasteiger partial charge is 0.417 e. The van der Waals surface area contributed by atoms with Crippen molar-refractivity contribution in [1.82, 2.24) is 25.1 Å². The van der Waals surface area contributed by atoms with E-state index in [2.05, 4.69) is 25.8 Å². The number of nitrogens with zero attached hydrogens (tertiary/aromatic N) is 4. The van der Waals surface area contributed by atoms with Gasteiger partial charge < -0.3 is 10.6 Å². The normalized spacial score (nSPS) is 11.3. The zero-order chi connectivity index (χ0) is 21.6. The van der Waals surface area contributed by atoms with Crippen LogP contribution in [-0.4, -0.2) is 44.5 Å². The minimum absolute atomic E-state index is 0.156. The van der Waals surface area contributed by atoms with Crippen molar-refractivity contribution in [2.24, 2.45) is 0 Å². The third kappa shape index (κ3) is 5.96. The third-order valence-electron chi connectivity index (χ3n) is 4.01. The van der Waals surface area contributed by atoms with E-state index >= 15 is 0 Å². The van der Waals surface area contributed by atoms with Crippen LogP contribution in [0.15, 0.2) is 54.1 Å². The van der Waals surface area contributed by atoms with Gasteiger partial charge in [-0.15, -0.1) is 10.2 Å². The maximum atomic E-state index is 12.5. The second-order valence-electron chi connectivity index (χ2n) is 6.31. The monoisotopic (exact) mass is 436 g/mol. The van der Waals surface area contributed by atoms with Gasteiger partial charge in [-0.1, -0.05) is 29.5 Å². The lowest BCUT2D eigenvalue weighted by molar-refractivity contribution is -0.137. The van der Waals surface area contributed by atoms with E-state index in [4.69, 9.17) is 0 Å². The highest BCUT2D eigenvalue weighted by molar-refractivity contribution is 7.99. The van der Waals surface area contributed by atoms with Crippen LogP contribution in [0.1, 0.15) is 11.1 Å². The van der Waals surface area contributed by atoms with Gasteiger partial charge in [0.2, 0.25) is 5.91 Å². The molecule has 7 nitrogen and oxygen atoms in total. The van der Waals surface area contributed by atoms with Crippen molar-refractivity contribution in [3.8, 4) is 5.69 Å². The van der Waals surface area contributed by atoms with E-state index < -0.39 is 11.7 Å². The number of carbonyl (C=O) groups excluding carboxylic acids is 1. The highest BCUT2D eigenvalue weighted by atomic mass is 32.2. The quantitative estimate of drug-likeness (QED) is 0.416. The fourth-order valence-corrected chi connectivity index (χ4v) is 3.20. The predicted molar refractivity (Wildman–Crippen MR) is 108 cm³/mol. The Morgan fingerprint density at radius 1 is 1.13 bits per heavy atom. The van der Waals surface area contributed by atoms with Crippen molar-refractivity contribution in [3.05, 3.63) is 60.0 Å². The maximum Gasteiger partial charge on any atom is 0.417 e. The molecule has 0 aliphatic rings. The predicted octanol–water partition coefficient (Wildman–Crippen LogP) is 3.31. The van der Waals surface area contributed by atoms with E-state index in [1.165, 1.54) is 17.8 Å². The van der Waals surface area contributed by atoms with Crippen molar-refractivity contribution >= 4 is 23.5 Å². The molecular weight excluding hydrogens is 417 g/mol. The topological polar surface area (TPSA) is 84.7 Å². The first-order valence-corrected chi connectivity index (χ1v) is 9.95. The van der Waals surface area contributed by atoms with E-state index in [1.807, 2.05) is 31.2 Å². The Hall–Kier alpha value is -3.08. The number of hydrogen-bond donors (Lipinski definition) is 2. The van der Waals surface area contributed by atoms with Crippen molar-refractivity contribution in [2.45, 2.75) is 18.3 Å². The van der Waals surface area contributed by atoms with Gasteiger partial charge in [-0.3, -0.25) is 9.36 Å². The number of pyridine rings is 1. The zero-order valence-corrected chi connectivity index (χ0v) is 16.8. The van der Waals surface area contributed by atoms with Gasteiger partial charge in [0.15, 0.2) is 5.16 Å². The molecule has 158 valence electrons. The SMILES string of the molecule is Cc1ccc(-n2cnnc2SCC(=O)NCCNc2ccc(C(F)(F)F)cn2)cc1. The van der Waals surface area contributed by atoms with Gasteiger partial charge in [-0.05, 0) is 31.2 Å². The highest BCUT2D eigenvalue weighted by Gasteiger charge is 2.30. The molecule has 0 radical (unpaired) electrons. The van der Waals surface area contributed by atoms with Crippen molar-refractivity contribution in [2.75, 3.05) is 24.2 Å². The molecule has 0 bridgehead atoms. The number of thioether (sulfide) groups is 1. The molecule has 30 heavy (non-hydrogen) atoms. The molecule has 0 aliphatic carbocycles. The summed E-state index contributed by atoms with van der Waals surface area (Å²) in [6.07, 6.45) is -2.06. The summed E-state index contributed by atoms with van der Waals surface area (Å²) in [7, 11) is 0. The minimum atomic E-state index is -4.42. The van der Waals surface area contributed by atoms with Crippen LogP contribution < -0.4 is 10.6 Å². The van der Waals surface area contributed by atoms with Gasteiger partial charge in [-0.25, -0.2) is 4.98 Å². The van der Waals surface area contributed by atoms with E-state index in [-0.39, 0.29) is 11.7 Å². The number of benzene rings is 1. The smallest absolute Gasteiger partial charge is 0.368 e. The van der Waals surface area contributed by atoms with Crippen LogP contribution >= 0.6 is 11.8 Å². The molecule has 0 fully saturated rings. The van der Waals surface area contributed by atoms with Crippen LogP contribution in [0, 0.1) is 6.92 Å². The fraction of sp³-hybridized carbons (Fsp3) is 0.263. The fourth-order valence-electron chi connectivity index (χ4n) is 2.45. The number of nitrogens with one attached hydrogen (secondary N) is 2. The molecular formula is C19H19F3N6OS. The second-order valence-corrected chi connectivity index (χ2v) is 7.26. The lowest BCUT2D eigenvalue weighted by Crippen LogP contribution is -2.30. The van der Waals surface area contributed by atoms with Gasteiger partial charge >= 0.3 is 6.18 Å². The van der Waals surface area contributed by atoms with Crippen molar-refractivity contribution in [1.29, 1.82) is 0 Å². The Bertz CT molecular complexity index is 973. The first-order valence-electron chi connectivity index (χ1n) is 8.96. The molecule has 3 rings (SSSR count). The minimum Gasteiger partial charge on any atom is -0.368 e. The summed E-state index contributed by atoms with van der Waals surface area (Å²) < 4.78 is 39.3. The molecule has 1 amide bonds. The summed E-state index contributed by atoms with van der Waals surface area (Å²) in [6, 6.07) is 10.1. The number of hydrogen-bond acceptors (Lipinski definition) is 6. The van der Waals surface area contributed by atoms with Crippen LogP contribution in [0.5, 0.6) is 0 Å².